The van der Waals surface area contributed by atoms with Crippen LogP contribution in [0.3, 0.4) is 0 Å². The number of carbonyl (C=O) groups is 2. The smallest absolute Gasteiger partial charge is 0.416 e. The fourth-order valence-corrected chi connectivity index (χ4v) is 5.59. The number of hydrogen-bond acceptors (Lipinski definition) is 7. The van der Waals surface area contributed by atoms with Crippen molar-refractivity contribution in [1.29, 1.82) is 0 Å². The number of amides is 2. The zero-order valence-electron chi connectivity index (χ0n) is 21.6. The SMILES string of the molecule is Cc1ccc(-c2nnn(CC(=O)N(c3cccc(C(F)(F)F)c3)[C@H](C(=O)NC3CCCCC3)c3cccs3)n2)o1. The van der Waals surface area contributed by atoms with E-state index >= 15 is 0 Å². The van der Waals surface area contributed by atoms with E-state index in [1.54, 1.807) is 36.6 Å². The van der Waals surface area contributed by atoms with Gasteiger partial charge < -0.3 is 9.73 Å². The molecule has 0 unspecified atom stereocenters. The second-order valence-corrected chi connectivity index (χ2v) is 10.6. The van der Waals surface area contributed by atoms with Gasteiger partial charge in [-0.15, -0.1) is 21.5 Å². The lowest BCUT2D eigenvalue weighted by atomic mass is 9.95. The first-order chi connectivity index (χ1) is 19.2. The predicted octanol–water partition coefficient (Wildman–Crippen LogP) is 5.55. The number of aromatic nitrogens is 4. The Kier molecular flexibility index (Phi) is 8.01. The first-order valence-electron chi connectivity index (χ1n) is 12.9. The number of benzene rings is 1. The summed E-state index contributed by atoms with van der Waals surface area (Å²) in [6.45, 7) is 1.29. The van der Waals surface area contributed by atoms with Crippen molar-refractivity contribution in [2.75, 3.05) is 4.90 Å². The van der Waals surface area contributed by atoms with Crippen molar-refractivity contribution in [3.8, 4) is 11.6 Å². The maximum atomic E-state index is 13.9. The number of tetrazole rings is 1. The lowest BCUT2D eigenvalue weighted by Gasteiger charge is -2.33. The summed E-state index contributed by atoms with van der Waals surface area (Å²) in [5, 5.41) is 16.8. The maximum Gasteiger partial charge on any atom is 0.416 e. The molecule has 1 aliphatic rings. The van der Waals surface area contributed by atoms with Crippen molar-refractivity contribution in [3.63, 3.8) is 0 Å². The minimum atomic E-state index is -4.64. The fourth-order valence-electron chi connectivity index (χ4n) is 4.78. The lowest BCUT2D eigenvalue weighted by Crippen LogP contribution is -2.48. The molecule has 0 saturated heterocycles. The minimum absolute atomic E-state index is 0.0704. The number of hydrogen-bond donors (Lipinski definition) is 1. The Morgan fingerprint density at radius 3 is 2.62 bits per heavy atom. The van der Waals surface area contributed by atoms with Crippen LogP contribution in [0.1, 0.15) is 54.3 Å². The van der Waals surface area contributed by atoms with Gasteiger partial charge in [-0.2, -0.15) is 18.0 Å². The molecule has 1 fully saturated rings. The summed E-state index contributed by atoms with van der Waals surface area (Å²) in [6.07, 6.45) is -0.00548. The number of nitrogens with zero attached hydrogens (tertiary/aromatic N) is 5. The average Bonchev–Trinajstić information content (AvgIpc) is 3.70. The molecule has 3 aromatic heterocycles. The van der Waals surface area contributed by atoms with Crippen LogP contribution in [-0.4, -0.2) is 38.1 Å². The molecule has 2 amide bonds. The second-order valence-electron chi connectivity index (χ2n) is 9.63. The van der Waals surface area contributed by atoms with Crippen molar-refractivity contribution in [1.82, 2.24) is 25.5 Å². The van der Waals surface area contributed by atoms with Crippen molar-refractivity contribution >= 4 is 28.8 Å². The van der Waals surface area contributed by atoms with E-state index in [1.807, 2.05) is 0 Å². The number of halogens is 3. The number of alkyl halides is 3. The van der Waals surface area contributed by atoms with E-state index in [4.69, 9.17) is 4.42 Å². The normalized spacial score (nSPS) is 15.1. The van der Waals surface area contributed by atoms with Crippen LogP contribution in [0.4, 0.5) is 18.9 Å². The molecule has 1 saturated carbocycles. The molecular weight excluding hydrogens is 545 g/mol. The van der Waals surface area contributed by atoms with Crippen LogP contribution in [0, 0.1) is 6.92 Å². The number of rotatable bonds is 8. The van der Waals surface area contributed by atoms with Gasteiger partial charge in [0.05, 0.1) is 5.56 Å². The molecule has 210 valence electrons. The summed E-state index contributed by atoms with van der Waals surface area (Å²) in [7, 11) is 0. The van der Waals surface area contributed by atoms with Crippen LogP contribution in [0.2, 0.25) is 0 Å². The summed E-state index contributed by atoms with van der Waals surface area (Å²) in [4.78, 5) is 30.3. The number of carbonyl (C=O) groups excluding carboxylic acids is 2. The largest absolute Gasteiger partial charge is 0.458 e. The lowest BCUT2D eigenvalue weighted by molar-refractivity contribution is -0.137. The number of thiophene rings is 1. The molecule has 3 heterocycles. The molecule has 1 atom stereocenters. The molecule has 0 bridgehead atoms. The number of anilines is 1. The zero-order valence-corrected chi connectivity index (χ0v) is 22.4. The molecule has 40 heavy (non-hydrogen) atoms. The van der Waals surface area contributed by atoms with Gasteiger partial charge in [-0.05, 0) is 66.8 Å². The molecule has 1 N–H and O–H groups in total. The average molecular weight is 573 g/mol. The number of furan rings is 1. The molecule has 0 radical (unpaired) electrons. The Morgan fingerprint density at radius 2 is 1.95 bits per heavy atom. The van der Waals surface area contributed by atoms with Crippen LogP contribution in [0.5, 0.6) is 0 Å². The molecule has 0 aliphatic heterocycles. The highest BCUT2D eigenvalue weighted by Crippen LogP contribution is 2.36. The molecule has 5 rings (SSSR count). The number of nitrogens with one attached hydrogen (secondary N) is 1. The van der Waals surface area contributed by atoms with Crippen LogP contribution in [0.25, 0.3) is 11.6 Å². The topological polar surface area (TPSA) is 106 Å². The number of aryl methyl sites for hydroxylation is 1. The van der Waals surface area contributed by atoms with Crippen LogP contribution < -0.4 is 10.2 Å². The summed E-state index contributed by atoms with van der Waals surface area (Å²) in [5.74, 6) is 0.000966. The monoisotopic (exact) mass is 572 g/mol. The Labute approximate surface area is 232 Å². The van der Waals surface area contributed by atoms with Gasteiger partial charge in [0.2, 0.25) is 11.7 Å². The summed E-state index contributed by atoms with van der Waals surface area (Å²) >= 11 is 1.24. The summed E-state index contributed by atoms with van der Waals surface area (Å²) in [5.41, 5.74) is -1.01. The minimum Gasteiger partial charge on any atom is -0.458 e. The molecule has 13 heteroatoms. The van der Waals surface area contributed by atoms with E-state index in [9.17, 15) is 22.8 Å². The molecule has 0 spiro atoms. The zero-order chi connectivity index (χ0) is 28.3. The van der Waals surface area contributed by atoms with Gasteiger partial charge >= 0.3 is 6.18 Å². The third-order valence-corrected chi connectivity index (χ3v) is 7.61. The summed E-state index contributed by atoms with van der Waals surface area (Å²) in [6, 6.07) is 9.93. The van der Waals surface area contributed by atoms with Gasteiger partial charge in [-0.3, -0.25) is 14.5 Å². The van der Waals surface area contributed by atoms with Gasteiger partial charge in [0, 0.05) is 16.6 Å². The van der Waals surface area contributed by atoms with Gasteiger partial charge in [0.15, 0.2) is 5.76 Å². The van der Waals surface area contributed by atoms with E-state index in [0.29, 0.717) is 16.4 Å². The van der Waals surface area contributed by atoms with Gasteiger partial charge in [-0.25, -0.2) is 0 Å². The van der Waals surface area contributed by atoms with Crippen LogP contribution in [0.15, 0.2) is 58.3 Å². The Balaban J connectivity index is 1.51. The molecule has 1 aromatic carbocycles. The van der Waals surface area contributed by atoms with Crippen molar-refractivity contribution < 1.29 is 27.2 Å². The highest BCUT2D eigenvalue weighted by molar-refractivity contribution is 7.10. The first-order valence-corrected chi connectivity index (χ1v) is 13.7. The van der Waals surface area contributed by atoms with Gasteiger partial charge in [-0.1, -0.05) is 31.4 Å². The highest BCUT2D eigenvalue weighted by Gasteiger charge is 2.37. The highest BCUT2D eigenvalue weighted by atomic mass is 32.1. The second kappa shape index (κ2) is 11.6. The molecule has 9 nitrogen and oxygen atoms in total. The van der Waals surface area contributed by atoms with Crippen molar-refractivity contribution in [3.05, 3.63) is 70.1 Å². The Hall–Kier alpha value is -4.00. The van der Waals surface area contributed by atoms with E-state index in [2.05, 4.69) is 20.7 Å². The Morgan fingerprint density at radius 1 is 1.15 bits per heavy atom. The standard InChI is InChI=1S/C27H27F3N6O3S/c1-17-12-13-21(39-17)25-32-34-35(33-25)16-23(37)36(20-10-5-7-18(15-20)27(28,29)30)24(22-11-6-14-40-22)26(38)31-19-8-3-2-4-9-19/h5-7,10-15,19,24H,2-4,8-9,16H2,1H3,(H,31,38)/t24-/m0/s1. The van der Waals surface area contributed by atoms with Gasteiger partial charge in [0.1, 0.15) is 18.3 Å². The predicted molar refractivity (Wildman–Crippen MR) is 141 cm³/mol. The van der Waals surface area contributed by atoms with E-state index in [1.165, 1.54) is 23.5 Å². The van der Waals surface area contributed by atoms with Crippen molar-refractivity contribution in [2.24, 2.45) is 0 Å². The van der Waals surface area contributed by atoms with E-state index < -0.39 is 36.1 Å². The van der Waals surface area contributed by atoms with Crippen molar-refractivity contribution in [2.45, 2.75) is 63.8 Å². The molecule has 4 aromatic rings. The van der Waals surface area contributed by atoms with E-state index in [0.717, 1.165) is 53.9 Å². The molecule has 1 aliphatic carbocycles. The summed E-state index contributed by atoms with van der Waals surface area (Å²) < 4.78 is 46.5. The first kappa shape index (κ1) is 27.6. The van der Waals surface area contributed by atoms with Crippen LogP contribution in [-0.2, 0) is 22.3 Å². The quantitative estimate of drug-likeness (QED) is 0.297. The van der Waals surface area contributed by atoms with E-state index in [-0.39, 0.29) is 17.6 Å². The fraction of sp³-hybridized carbons (Fsp3) is 0.370. The third kappa shape index (κ3) is 6.24. The Bertz CT molecular complexity index is 1460. The maximum absolute atomic E-state index is 13.9. The van der Waals surface area contributed by atoms with Gasteiger partial charge in [0.25, 0.3) is 5.91 Å². The third-order valence-electron chi connectivity index (χ3n) is 6.68. The van der Waals surface area contributed by atoms with Crippen LogP contribution >= 0.6 is 11.3 Å². The molecular formula is C27H27F3N6O3S.